The number of rotatable bonds is 2. The largest absolute Gasteiger partial charge is 0.320 e. The second-order valence-electron chi connectivity index (χ2n) is 4.03. The third kappa shape index (κ3) is 2.98. The van der Waals surface area contributed by atoms with Gasteiger partial charge in [0.25, 0.3) is 5.91 Å². The van der Waals surface area contributed by atoms with Crippen LogP contribution in [0.15, 0.2) is 29.0 Å². The number of benzene rings is 1. The third-order valence-electron chi connectivity index (χ3n) is 2.51. The van der Waals surface area contributed by atoms with Crippen LogP contribution in [0.2, 0.25) is 0 Å². The van der Waals surface area contributed by atoms with E-state index in [2.05, 4.69) is 26.2 Å². The van der Waals surface area contributed by atoms with Crippen molar-refractivity contribution in [3.05, 3.63) is 57.6 Å². The van der Waals surface area contributed by atoms with Gasteiger partial charge < -0.3 is 5.32 Å². The number of anilines is 1. The normalized spacial score (nSPS) is 10.4. The molecule has 3 nitrogen and oxygen atoms in total. The maximum Gasteiger partial charge on any atom is 0.261 e. The van der Waals surface area contributed by atoms with Gasteiger partial charge in [-0.1, -0.05) is 0 Å². The lowest BCUT2D eigenvalue weighted by Crippen LogP contribution is -2.16. The number of carbonyl (C=O) groups is 1. The molecule has 1 aromatic heterocycles. The standard InChI is InChI=1S/C13H8BrF3N2O/c1-6-2-8(5-18-12(6)14)19-13(20)11-9(16)3-7(15)4-10(11)17/h2-5H,1H3,(H,19,20). The molecule has 0 spiro atoms. The molecule has 0 bridgehead atoms. The number of nitrogens with one attached hydrogen (secondary N) is 1. The van der Waals surface area contributed by atoms with Crippen molar-refractivity contribution in [2.45, 2.75) is 6.92 Å². The van der Waals surface area contributed by atoms with Gasteiger partial charge >= 0.3 is 0 Å². The summed E-state index contributed by atoms with van der Waals surface area (Å²) in [6, 6.07) is 2.47. The number of pyridine rings is 1. The fourth-order valence-electron chi connectivity index (χ4n) is 1.58. The summed E-state index contributed by atoms with van der Waals surface area (Å²) in [6.07, 6.45) is 1.33. The summed E-state index contributed by atoms with van der Waals surface area (Å²) in [4.78, 5) is 15.7. The summed E-state index contributed by atoms with van der Waals surface area (Å²) in [5.41, 5.74) is 0.175. The highest BCUT2D eigenvalue weighted by atomic mass is 79.9. The minimum atomic E-state index is -1.26. The molecule has 2 rings (SSSR count). The van der Waals surface area contributed by atoms with Crippen molar-refractivity contribution in [2.24, 2.45) is 0 Å². The number of amides is 1. The van der Waals surface area contributed by atoms with Gasteiger partial charge in [0.15, 0.2) is 0 Å². The van der Waals surface area contributed by atoms with Gasteiger partial charge in [0.1, 0.15) is 27.6 Å². The Morgan fingerprint density at radius 1 is 1.20 bits per heavy atom. The fourth-order valence-corrected chi connectivity index (χ4v) is 1.80. The highest BCUT2D eigenvalue weighted by Crippen LogP contribution is 2.19. The quantitative estimate of drug-likeness (QED) is 0.841. The number of halogens is 4. The number of hydrogen-bond acceptors (Lipinski definition) is 2. The SMILES string of the molecule is Cc1cc(NC(=O)c2c(F)cc(F)cc2F)cnc1Br. The van der Waals surface area contributed by atoms with Crippen molar-refractivity contribution in [2.75, 3.05) is 5.32 Å². The number of aromatic nitrogens is 1. The summed E-state index contributed by atoms with van der Waals surface area (Å²) in [6.45, 7) is 1.74. The van der Waals surface area contributed by atoms with Crippen molar-refractivity contribution in [3.63, 3.8) is 0 Å². The van der Waals surface area contributed by atoms with Crippen molar-refractivity contribution in [1.29, 1.82) is 0 Å². The Morgan fingerprint density at radius 2 is 1.80 bits per heavy atom. The Hall–Kier alpha value is -1.89. The molecule has 7 heteroatoms. The van der Waals surface area contributed by atoms with Crippen LogP contribution in [0, 0.1) is 24.4 Å². The molecule has 0 aliphatic carbocycles. The first-order chi connectivity index (χ1) is 9.38. The summed E-state index contributed by atoms with van der Waals surface area (Å²) >= 11 is 3.19. The van der Waals surface area contributed by atoms with Crippen LogP contribution in [0.5, 0.6) is 0 Å². The van der Waals surface area contributed by atoms with Crippen LogP contribution in [0.4, 0.5) is 18.9 Å². The van der Waals surface area contributed by atoms with Gasteiger partial charge in [-0.3, -0.25) is 4.79 Å². The molecule has 0 radical (unpaired) electrons. The average molecular weight is 345 g/mol. The van der Waals surface area contributed by atoms with Crippen molar-refractivity contribution >= 4 is 27.5 Å². The first-order valence-corrected chi connectivity index (χ1v) is 6.26. The molecule has 1 heterocycles. The molecule has 0 saturated carbocycles. The molecule has 0 fully saturated rings. The zero-order valence-electron chi connectivity index (χ0n) is 10.2. The van der Waals surface area contributed by atoms with E-state index in [0.29, 0.717) is 16.7 Å². The van der Waals surface area contributed by atoms with Gasteiger partial charge in [0, 0.05) is 12.1 Å². The average Bonchev–Trinajstić information content (AvgIpc) is 2.32. The molecular weight excluding hydrogens is 337 g/mol. The Bertz CT molecular complexity index is 668. The molecule has 104 valence electrons. The molecule has 0 aliphatic rings. The maximum absolute atomic E-state index is 13.4. The lowest BCUT2D eigenvalue weighted by atomic mass is 10.1. The second-order valence-corrected chi connectivity index (χ2v) is 4.78. The van der Waals surface area contributed by atoms with Crippen LogP contribution in [-0.2, 0) is 0 Å². The Labute approximate surface area is 121 Å². The molecule has 0 unspecified atom stereocenters. The lowest BCUT2D eigenvalue weighted by Gasteiger charge is -2.08. The minimum Gasteiger partial charge on any atom is -0.320 e. The summed E-state index contributed by atoms with van der Waals surface area (Å²) in [5.74, 6) is -4.62. The number of aryl methyl sites for hydroxylation is 1. The molecule has 1 amide bonds. The molecule has 1 N–H and O–H groups in total. The number of carbonyl (C=O) groups excluding carboxylic acids is 1. The smallest absolute Gasteiger partial charge is 0.261 e. The first kappa shape index (κ1) is 14.5. The molecule has 1 aromatic carbocycles. The minimum absolute atomic E-state index is 0.277. The van der Waals surface area contributed by atoms with Crippen molar-refractivity contribution in [3.8, 4) is 0 Å². The van der Waals surface area contributed by atoms with Gasteiger partial charge in [-0.25, -0.2) is 18.2 Å². The van der Waals surface area contributed by atoms with Crippen molar-refractivity contribution in [1.82, 2.24) is 4.98 Å². The van der Waals surface area contributed by atoms with E-state index in [1.54, 1.807) is 13.0 Å². The van der Waals surface area contributed by atoms with Gasteiger partial charge in [0.05, 0.1) is 11.9 Å². The molecule has 2 aromatic rings. The second kappa shape index (κ2) is 5.62. The zero-order valence-corrected chi connectivity index (χ0v) is 11.8. The van der Waals surface area contributed by atoms with Crippen LogP contribution in [0.25, 0.3) is 0 Å². The highest BCUT2D eigenvalue weighted by Gasteiger charge is 2.19. The van der Waals surface area contributed by atoms with Gasteiger partial charge in [-0.05, 0) is 34.5 Å². The van der Waals surface area contributed by atoms with E-state index in [0.717, 1.165) is 5.56 Å². The molecule has 0 aliphatic heterocycles. The van der Waals surface area contributed by atoms with E-state index in [4.69, 9.17) is 0 Å². The van der Waals surface area contributed by atoms with Gasteiger partial charge in [-0.15, -0.1) is 0 Å². The third-order valence-corrected chi connectivity index (χ3v) is 3.34. The lowest BCUT2D eigenvalue weighted by molar-refractivity contribution is 0.101. The number of hydrogen-bond donors (Lipinski definition) is 1. The molecule has 20 heavy (non-hydrogen) atoms. The Morgan fingerprint density at radius 3 is 2.35 bits per heavy atom. The summed E-state index contributed by atoms with van der Waals surface area (Å²) in [5, 5.41) is 2.30. The molecule has 0 atom stereocenters. The van der Waals surface area contributed by atoms with E-state index in [9.17, 15) is 18.0 Å². The first-order valence-electron chi connectivity index (χ1n) is 5.46. The van der Waals surface area contributed by atoms with Crippen LogP contribution in [0.1, 0.15) is 15.9 Å². The predicted octanol–water partition coefficient (Wildman–Crippen LogP) is 3.82. The highest BCUT2D eigenvalue weighted by molar-refractivity contribution is 9.10. The van der Waals surface area contributed by atoms with Gasteiger partial charge in [-0.2, -0.15) is 0 Å². The predicted molar refractivity (Wildman–Crippen MR) is 70.9 cm³/mol. The van der Waals surface area contributed by atoms with Crippen molar-refractivity contribution < 1.29 is 18.0 Å². The van der Waals surface area contributed by atoms with E-state index in [1.165, 1.54) is 6.20 Å². The number of nitrogens with zero attached hydrogens (tertiary/aromatic N) is 1. The summed E-state index contributed by atoms with van der Waals surface area (Å²) in [7, 11) is 0. The topological polar surface area (TPSA) is 42.0 Å². The molecule has 0 saturated heterocycles. The zero-order chi connectivity index (χ0) is 14.9. The monoisotopic (exact) mass is 344 g/mol. The maximum atomic E-state index is 13.4. The summed E-state index contributed by atoms with van der Waals surface area (Å²) < 4.78 is 40.2. The Balaban J connectivity index is 2.31. The van der Waals surface area contributed by atoms with Crippen LogP contribution < -0.4 is 5.32 Å². The van der Waals surface area contributed by atoms with Gasteiger partial charge in [0.2, 0.25) is 0 Å². The van der Waals surface area contributed by atoms with Crippen LogP contribution in [-0.4, -0.2) is 10.9 Å². The van der Waals surface area contributed by atoms with E-state index in [-0.39, 0.29) is 5.69 Å². The van der Waals surface area contributed by atoms with E-state index in [1.807, 2.05) is 0 Å². The van der Waals surface area contributed by atoms with Crippen LogP contribution in [0.3, 0.4) is 0 Å². The van der Waals surface area contributed by atoms with E-state index < -0.39 is 28.9 Å². The molecular formula is C13H8BrF3N2O. The van der Waals surface area contributed by atoms with Crippen LogP contribution >= 0.6 is 15.9 Å². The fraction of sp³-hybridized carbons (Fsp3) is 0.0769. The Kier molecular flexibility index (Phi) is 4.08. The van der Waals surface area contributed by atoms with E-state index >= 15 is 0 Å².